The highest BCUT2D eigenvalue weighted by atomic mass is 32.1. The molecule has 2 aliphatic heterocycles. The number of nitrogens with zero attached hydrogens (tertiary/aromatic N) is 6. The molecule has 0 bridgehead atoms. The summed E-state index contributed by atoms with van der Waals surface area (Å²) in [6, 6.07) is 19.8. The zero-order chi connectivity index (χ0) is 33.6. The van der Waals surface area contributed by atoms with Gasteiger partial charge in [-0.15, -0.1) is 11.3 Å². The number of carbonyl (C=O) groups excluding carboxylic acids is 2. The van der Waals surface area contributed by atoms with Crippen LogP contribution >= 0.6 is 11.3 Å². The van der Waals surface area contributed by atoms with Crippen LogP contribution in [0.4, 0.5) is 0 Å². The van der Waals surface area contributed by atoms with Crippen molar-refractivity contribution in [3.8, 4) is 10.6 Å². The number of amides is 2. The summed E-state index contributed by atoms with van der Waals surface area (Å²) in [5, 5.41) is 12.9. The Labute approximate surface area is 283 Å². The number of rotatable bonds is 6. The fourth-order valence-electron chi connectivity index (χ4n) is 7.28. The van der Waals surface area contributed by atoms with E-state index in [1.54, 1.807) is 16.8 Å². The second-order valence-corrected chi connectivity index (χ2v) is 14.3. The van der Waals surface area contributed by atoms with Gasteiger partial charge in [0.15, 0.2) is 0 Å². The molecular formula is C37H40N6O4S. The number of aliphatic hydroxyl groups is 1. The molecule has 0 saturated carbocycles. The van der Waals surface area contributed by atoms with Crippen LogP contribution in [-0.4, -0.2) is 77.6 Å². The van der Waals surface area contributed by atoms with Crippen molar-refractivity contribution in [1.29, 1.82) is 0 Å². The molecule has 2 aromatic carbocycles. The number of likely N-dealkylation sites (tertiary alicyclic amines) is 2. The minimum atomic E-state index is -1.12. The topological polar surface area (TPSA) is 114 Å². The minimum absolute atomic E-state index is 0.0434. The maximum Gasteiger partial charge on any atom is 0.265 e. The van der Waals surface area contributed by atoms with Gasteiger partial charge in [0.1, 0.15) is 21.9 Å². The van der Waals surface area contributed by atoms with E-state index in [1.165, 1.54) is 22.2 Å². The van der Waals surface area contributed by atoms with Gasteiger partial charge >= 0.3 is 0 Å². The lowest BCUT2D eigenvalue weighted by Crippen LogP contribution is -2.53. The second kappa shape index (κ2) is 12.8. The summed E-state index contributed by atoms with van der Waals surface area (Å²) >= 11 is 1.43. The Morgan fingerprint density at radius 1 is 0.979 bits per heavy atom. The van der Waals surface area contributed by atoms with E-state index < -0.39 is 5.60 Å². The highest BCUT2D eigenvalue weighted by Crippen LogP contribution is 2.37. The maximum atomic E-state index is 14.2. The molecule has 0 aliphatic carbocycles. The van der Waals surface area contributed by atoms with E-state index in [9.17, 15) is 19.5 Å². The first-order valence-electron chi connectivity index (χ1n) is 16.5. The van der Waals surface area contributed by atoms with E-state index >= 15 is 0 Å². The first kappa shape index (κ1) is 32.0. The Hall–Kier alpha value is -4.61. The number of hydrogen-bond acceptors (Lipinski definition) is 7. The van der Waals surface area contributed by atoms with Gasteiger partial charge in [0.25, 0.3) is 11.5 Å². The molecule has 5 aromatic rings. The minimum Gasteiger partial charge on any atom is -0.388 e. The summed E-state index contributed by atoms with van der Waals surface area (Å²) in [5.41, 5.74) is 3.21. The van der Waals surface area contributed by atoms with Crippen molar-refractivity contribution in [2.24, 2.45) is 13.0 Å². The van der Waals surface area contributed by atoms with Gasteiger partial charge < -0.3 is 19.5 Å². The van der Waals surface area contributed by atoms with Crippen LogP contribution in [0.2, 0.25) is 0 Å². The van der Waals surface area contributed by atoms with Gasteiger partial charge in [-0.3, -0.25) is 19.0 Å². The fraction of sp³-hybridized carbons (Fsp3) is 0.378. The smallest absolute Gasteiger partial charge is 0.265 e. The van der Waals surface area contributed by atoms with Gasteiger partial charge in [0.2, 0.25) is 5.91 Å². The van der Waals surface area contributed by atoms with Gasteiger partial charge in [-0.05, 0) is 50.3 Å². The molecule has 1 N–H and O–H groups in total. The second-order valence-electron chi connectivity index (χ2n) is 13.3. The van der Waals surface area contributed by atoms with Crippen LogP contribution in [0.15, 0.2) is 78.0 Å². The first-order valence-corrected chi connectivity index (χ1v) is 17.3. The van der Waals surface area contributed by atoms with Gasteiger partial charge in [-0.25, -0.2) is 9.97 Å². The zero-order valence-corrected chi connectivity index (χ0v) is 28.3. The van der Waals surface area contributed by atoms with Gasteiger partial charge in [0.05, 0.1) is 23.2 Å². The molecule has 2 amide bonds. The molecular weight excluding hydrogens is 625 g/mol. The Morgan fingerprint density at radius 2 is 1.71 bits per heavy atom. The van der Waals surface area contributed by atoms with Crippen LogP contribution in [0.5, 0.6) is 0 Å². The van der Waals surface area contributed by atoms with Crippen molar-refractivity contribution in [3.05, 3.63) is 105 Å². The zero-order valence-electron chi connectivity index (χ0n) is 27.5. The summed E-state index contributed by atoms with van der Waals surface area (Å²) in [7, 11) is 1.84. The number of aryl methyl sites for hydroxylation is 3. The Kier molecular flexibility index (Phi) is 8.51. The standard InChI is InChI=1S/C37H40N6O4S/c1-24-9-7-8-12-27(24)33-39-25(2)31(48-33)36(46)42-18-14-28(30(21-42)26-10-5-4-6-11-26)34(44)41-19-15-37(47,16-20-41)22-43-23-38-32-29(35(43)45)13-17-40(32)3/h4-13,17,23,28,30,47H,14-16,18-22H2,1-3H3/t28-,30+/m1/s1. The van der Waals surface area contributed by atoms with Crippen LogP contribution < -0.4 is 5.56 Å². The Morgan fingerprint density at radius 3 is 2.46 bits per heavy atom. The van der Waals surface area contributed by atoms with Crippen molar-refractivity contribution in [3.63, 3.8) is 0 Å². The maximum absolute atomic E-state index is 14.2. The molecule has 248 valence electrons. The Balaban J connectivity index is 1.06. The molecule has 48 heavy (non-hydrogen) atoms. The number of carbonyl (C=O) groups is 2. The summed E-state index contributed by atoms with van der Waals surface area (Å²) < 4.78 is 3.28. The summed E-state index contributed by atoms with van der Waals surface area (Å²) in [6.07, 6.45) is 4.56. The lowest BCUT2D eigenvalue weighted by atomic mass is 9.79. The number of aromatic nitrogens is 4. The highest BCUT2D eigenvalue weighted by molar-refractivity contribution is 7.17. The summed E-state index contributed by atoms with van der Waals surface area (Å²) in [5.74, 6) is -0.444. The fourth-order valence-corrected chi connectivity index (χ4v) is 8.41. The predicted molar refractivity (Wildman–Crippen MR) is 186 cm³/mol. The van der Waals surface area contributed by atoms with Crippen LogP contribution in [0.1, 0.15) is 51.7 Å². The quantitative estimate of drug-likeness (QED) is 0.280. The third-order valence-electron chi connectivity index (χ3n) is 10.1. The van der Waals surface area contributed by atoms with Gasteiger partial charge in [-0.1, -0.05) is 54.6 Å². The lowest BCUT2D eigenvalue weighted by Gasteiger charge is -2.43. The Bertz CT molecular complexity index is 2040. The predicted octanol–water partition coefficient (Wildman–Crippen LogP) is 4.77. The third kappa shape index (κ3) is 5.97. The molecule has 5 heterocycles. The largest absolute Gasteiger partial charge is 0.388 e. The van der Waals surface area contributed by atoms with E-state index in [-0.39, 0.29) is 35.8 Å². The van der Waals surface area contributed by atoms with E-state index in [2.05, 4.69) is 4.98 Å². The lowest BCUT2D eigenvalue weighted by molar-refractivity contribution is -0.142. The molecule has 0 spiro atoms. The number of fused-ring (bicyclic) bond motifs is 1. The molecule has 10 nitrogen and oxygen atoms in total. The molecule has 3 aromatic heterocycles. The third-order valence-corrected chi connectivity index (χ3v) is 11.3. The highest BCUT2D eigenvalue weighted by Gasteiger charge is 2.42. The van der Waals surface area contributed by atoms with E-state index in [1.807, 2.05) is 85.3 Å². The number of piperidine rings is 2. The van der Waals surface area contributed by atoms with Crippen LogP contribution in [-0.2, 0) is 18.4 Å². The van der Waals surface area contributed by atoms with E-state index in [0.717, 1.165) is 27.4 Å². The van der Waals surface area contributed by atoms with Gasteiger partial charge in [0, 0.05) is 56.8 Å². The molecule has 0 unspecified atom stereocenters. The van der Waals surface area contributed by atoms with Crippen molar-refractivity contribution >= 4 is 34.2 Å². The SMILES string of the molecule is Cc1ccccc1-c1nc(C)c(C(=O)N2CC[C@@H](C(=O)N3CCC(O)(Cn4cnc5c(ccn5C)c4=O)CC3)[C@H](c3ccccc3)C2)s1. The normalized spacial score (nSPS) is 19.5. The van der Waals surface area contributed by atoms with Crippen LogP contribution in [0.3, 0.4) is 0 Å². The van der Waals surface area contributed by atoms with Crippen molar-refractivity contribution in [1.82, 2.24) is 28.9 Å². The van der Waals surface area contributed by atoms with Crippen LogP contribution in [0.25, 0.3) is 21.6 Å². The molecule has 0 radical (unpaired) electrons. The van der Waals surface area contributed by atoms with Gasteiger partial charge in [-0.2, -0.15) is 0 Å². The van der Waals surface area contributed by atoms with E-state index in [4.69, 9.17) is 4.98 Å². The number of thiazole rings is 1. The van der Waals surface area contributed by atoms with Crippen LogP contribution in [0, 0.1) is 19.8 Å². The van der Waals surface area contributed by atoms with Crippen molar-refractivity contribution < 1.29 is 14.7 Å². The van der Waals surface area contributed by atoms with Crippen molar-refractivity contribution in [2.75, 3.05) is 26.2 Å². The molecule has 11 heteroatoms. The molecule has 2 fully saturated rings. The number of hydrogen-bond donors (Lipinski definition) is 1. The monoisotopic (exact) mass is 664 g/mol. The summed E-state index contributed by atoms with van der Waals surface area (Å²) in [4.78, 5) is 54.8. The van der Waals surface area contributed by atoms with Crippen molar-refractivity contribution in [2.45, 2.75) is 51.2 Å². The summed E-state index contributed by atoms with van der Waals surface area (Å²) in [6.45, 7) is 5.77. The first-order chi connectivity index (χ1) is 23.1. The molecule has 7 rings (SSSR count). The van der Waals surface area contributed by atoms with E-state index in [0.29, 0.717) is 61.4 Å². The molecule has 2 aliphatic rings. The average Bonchev–Trinajstić information content (AvgIpc) is 3.68. The average molecular weight is 665 g/mol. The molecule has 2 saturated heterocycles. The number of benzene rings is 2. The molecule has 2 atom stereocenters.